The van der Waals surface area contributed by atoms with Crippen molar-refractivity contribution < 1.29 is 4.74 Å². The molecule has 2 heterocycles. The smallest absolute Gasteiger partial charge is 0.147 e. The lowest BCUT2D eigenvalue weighted by molar-refractivity contribution is 0.122. The number of benzene rings is 1. The van der Waals surface area contributed by atoms with E-state index in [2.05, 4.69) is 46.3 Å². The van der Waals surface area contributed by atoms with Crippen molar-refractivity contribution in [2.45, 2.75) is 19.8 Å². The first-order valence-corrected chi connectivity index (χ1v) is 7.94. The molecule has 0 spiro atoms. The highest BCUT2D eigenvalue weighted by molar-refractivity contribution is 7.14. The van der Waals surface area contributed by atoms with Crippen LogP contribution >= 0.6 is 11.3 Å². The lowest BCUT2D eigenvalue weighted by atomic mass is 10.2. The van der Waals surface area contributed by atoms with Gasteiger partial charge in [-0.1, -0.05) is 18.3 Å². The largest absolute Gasteiger partial charge is 0.378 e. The van der Waals surface area contributed by atoms with Crippen molar-refractivity contribution in [3.63, 3.8) is 0 Å². The molecule has 0 saturated carbocycles. The van der Waals surface area contributed by atoms with E-state index in [4.69, 9.17) is 4.74 Å². The van der Waals surface area contributed by atoms with E-state index in [1.165, 1.54) is 5.69 Å². The van der Waals surface area contributed by atoms with Gasteiger partial charge in [-0.25, -0.2) is 0 Å². The van der Waals surface area contributed by atoms with Gasteiger partial charge in [0.05, 0.1) is 13.2 Å². The zero-order valence-electron chi connectivity index (χ0n) is 11.7. The van der Waals surface area contributed by atoms with Crippen LogP contribution in [-0.2, 0) is 11.2 Å². The first-order valence-electron chi connectivity index (χ1n) is 7.12. The van der Waals surface area contributed by atoms with Gasteiger partial charge in [-0.2, -0.15) is 0 Å². The van der Waals surface area contributed by atoms with Crippen LogP contribution < -0.4 is 4.90 Å². The summed E-state index contributed by atoms with van der Waals surface area (Å²) in [7, 11) is 0. The molecule has 1 aliphatic rings. The normalized spacial score (nSPS) is 15.6. The van der Waals surface area contributed by atoms with Crippen molar-refractivity contribution in [2.24, 2.45) is 0 Å². The Kier molecular flexibility index (Phi) is 4.28. The number of rotatable bonds is 4. The Bertz CT molecular complexity index is 547. The van der Waals surface area contributed by atoms with E-state index in [0.29, 0.717) is 0 Å². The summed E-state index contributed by atoms with van der Waals surface area (Å²) in [5, 5.41) is 10.7. The van der Waals surface area contributed by atoms with Gasteiger partial charge in [-0.15, -0.1) is 10.2 Å². The molecule has 20 heavy (non-hydrogen) atoms. The van der Waals surface area contributed by atoms with Gasteiger partial charge >= 0.3 is 0 Å². The van der Waals surface area contributed by atoms with E-state index in [0.717, 1.165) is 54.7 Å². The fourth-order valence-corrected chi connectivity index (χ4v) is 3.27. The molecule has 0 N–H and O–H groups in total. The van der Waals surface area contributed by atoms with Gasteiger partial charge in [0.1, 0.15) is 10.0 Å². The molecule has 2 aromatic rings. The molecule has 1 saturated heterocycles. The van der Waals surface area contributed by atoms with E-state index in [9.17, 15) is 0 Å². The maximum atomic E-state index is 5.38. The van der Waals surface area contributed by atoms with Gasteiger partial charge in [-0.05, 0) is 30.7 Å². The van der Waals surface area contributed by atoms with Gasteiger partial charge in [0, 0.05) is 30.8 Å². The number of aryl methyl sites for hydroxylation is 1. The number of nitrogens with zero attached hydrogens (tertiary/aromatic N) is 3. The van der Waals surface area contributed by atoms with Crippen molar-refractivity contribution in [3.8, 4) is 10.6 Å². The summed E-state index contributed by atoms with van der Waals surface area (Å²) in [5.74, 6) is 0. The lowest BCUT2D eigenvalue weighted by Crippen LogP contribution is -2.36. The van der Waals surface area contributed by atoms with Crippen molar-refractivity contribution >= 4 is 17.0 Å². The summed E-state index contributed by atoms with van der Waals surface area (Å²) in [5.41, 5.74) is 2.41. The summed E-state index contributed by atoms with van der Waals surface area (Å²) in [6.45, 7) is 5.74. The Balaban J connectivity index is 1.74. The Morgan fingerprint density at radius 3 is 2.60 bits per heavy atom. The van der Waals surface area contributed by atoms with Gasteiger partial charge in [0.25, 0.3) is 0 Å². The average Bonchev–Trinajstić information content (AvgIpc) is 2.97. The second-order valence-electron chi connectivity index (χ2n) is 4.90. The van der Waals surface area contributed by atoms with Crippen LogP contribution in [0, 0.1) is 0 Å². The predicted molar refractivity (Wildman–Crippen MR) is 82.4 cm³/mol. The van der Waals surface area contributed by atoms with Crippen molar-refractivity contribution in [3.05, 3.63) is 29.3 Å². The molecule has 0 bridgehead atoms. The SMILES string of the molecule is CCCc1nnc(-c2ccc(N3CCOCC3)cc2)s1. The summed E-state index contributed by atoms with van der Waals surface area (Å²) < 4.78 is 5.38. The number of anilines is 1. The monoisotopic (exact) mass is 289 g/mol. The van der Waals surface area contributed by atoms with Crippen LogP contribution in [0.5, 0.6) is 0 Å². The second kappa shape index (κ2) is 6.33. The Labute approximate surface area is 123 Å². The third-order valence-corrected chi connectivity index (χ3v) is 4.45. The van der Waals surface area contributed by atoms with Crippen LogP contribution in [0.2, 0.25) is 0 Å². The van der Waals surface area contributed by atoms with Crippen LogP contribution in [0.25, 0.3) is 10.6 Å². The van der Waals surface area contributed by atoms with Crippen LogP contribution in [-0.4, -0.2) is 36.5 Å². The van der Waals surface area contributed by atoms with Gasteiger partial charge < -0.3 is 9.64 Å². The minimum Gasteiger partial charge on any atom is -0.378 e. The third-order valence-electron chi connectivity index (χ3n) is 3.42. The van der Waals surface area contributed by atoms with E-state index in [1.54, 1.807) is 11.3 Å². The fraction of sp³-hybridized carbons (Fsp3) is 0.467. The molecule has 1 aromatic carbocycles. The predicted octanol–water partition coefficient (Wildman–Crippen LogP) is 2.99. The number of aromatic nitrogens is 2. The Morgan fingerprint density at radius 2 is 1.90 bits per heavy atom. The molecule has 0 unspecified atom stereocenters. The zero-order chi connectivity index (χ0) is 13.8. The number of hydrogen-bond acceptors (Lipinski definition) is 5. The minimum atomic E-state index is 0.818. The third kappa shape index (κ3) is 2.99. The fourth-order valence-electron chi connectivity index (χ4n) is 2.32. The van der Waals surface area contributed by atoms with E-state index in [-0.39, 0.29) is 0 Å². The van der Waals surface area contributed by atoms with Gasteiger partial charge in [0.15, 0.2) is 0 Å². The highest BCUT2D eigenvalue weighted by Gasteiger charge is 2.12. The summed E-state index contributed by atoms with van der Waals surface area (Å²) in [4.78, 5) is 2.36. The number of hydrogen-bond donors (Lipinski definition) is 0. The molecule has 5 heteroatoms. The van der Waals surface area contributed by atoms with E-state index < -0.39 is 0 Å². The Morgan fingerprint density at radius 1 is 1.15 bits per heavy atom. The first-order chi connectivity index (χ1) is 9.86. The molecular weight excluding hydrogens is 270 g/mol. The Hall–Kier alpha value is -1.46. The molecule has 0 aliphatic carbocycles. The number of morpholine rings is 1. The van der Waals surface area contributed by atoms with Crippen LogP contribution in [0.3, 0.4) is 0 Å². The minimum absolute atomic E-state index is 0.818. The van der Waals surface area contributed by atoms with Gasteiger partial charge in [0.2, 0.25) is 0 Å². The molecule has 4 nitrogen and oxygen atoms in total. The molecule has 1 aromatic heterocycles. The zero-order valence-corrected chi connectivity index (χ0v) is 12.5. The second-order valence-corrected chi connectivity index (χ2v) is 5.96. The van der Waals surface area contributed by atoms with Crippen molar-refractivity contribution in [1.82, 2.24) is 10.2 Å². The molecular formula is C15H19N3OS. The summed E-state index contributed by atoms with van der Waals surface area (Å²) >= 11 is 1.70. The van der Waals surface area contributed by atoms with E-state index >= 15 is 0 Å². The van der Waals surface area contributed by atoms with E-state index in [1.807, 2.05) is 0 Å². The molecule has 1 fully saturated rings. The molecule has 3 rings (SSSR count). The standard InChI is InChI=1S/C15H19N3OS/c1-2-3-14-16-17-15(20-14)12-4-6-13(7-5-12)18-8-10-19-11-9-18/h4-7H,2-3,8-11H2,1H3. The lowest BCUT2D eigenvalue weighted by Gasteiger charge is -2.28. The van der Waals surface area contributed by atoms with Crippen LogP contribution in [0.1, 0.15) is 18.4 Å². The number of ether oxygens (including phenoxy) is 1. The average molecular weight is 289 g/mol. The maximum absolute atomic E-state index is 5.38. The topological polar surface area (TPSA) is 38.2 Å². The van der Waals surface area contributed by atoms with Crippen molar-refractivity contribution in [2.75, 3.05) is 31.2 Å². The van der Waals surface area contributed by atoms with Crippen molar-refractivity contribution in [1.29, 1.82) is 0 Å². The van der Waals surface area contributed by atoms with Gasteiger partial charge in [-0.3, -0.25) is 0 Å². The quantitative estimate of drug-likeness (QED) is 0.867. The molecule has 1 aliphatic heterocycles. The molecule has 0 amide bonds. The molecule has 106 valence electrons. The van der Waals surface area contributed by atoms with Crippen LogP contribution in [0.15, 0.2) is 24.3 Å². The van der Waals surface area contributed by atoms with Crippen LogP contribution in [0.4, 0.5) is 5.69 Å². The maximum Gasteiger partial charge on any atom is 0.147 e. The molecule has 0 atom stereocenters. The highest BCUT2D eigenvalue weighted by Crippen LogP contribution is 2.26. The molecule has 0 radical (unpaired) electrons. The first kappa shape index (κ1) is 13.5. The summed E-state index contributed by atoms with van der Waals surface area (Å²) in [6, 6.07) is 8.62. The summed E-state index contributed by atoms with van der Waals surface area (Å²) in [6.07, 6.45) is 2.13. The highest BCUT2D eigenvalue weighted by atomic mass is 32.1.